The molecular formula is C16H14Cl2N4O2. The standard InChI is InChI=1S/C16H14Cl2N4O2/c1-10(21-22-16(24)11-3-2-6-19-9-11)7-15(23)20-14-8-12(17)4-5-13(14)18/h2-6,8-9H,7H2,1H3,(H,20,23)(H,22,24). The second-order valence-electron chi connectivity index (χ2n) is 4.88. The maximum atomic E-state index is 12.0. The summed E-state index contributed by atoms with van der Waals surface area (Å²) in [5.41, 5.74) is 3.60. The molecule has 0 aliphatic carbocycles. The number of hydrazone groups is 1. The molecule has 8 heteroatoms. The van der Waals surface area contributed by atoms with Gasteiger partial charge in [-0.25, -0.2) is 5.43 Å². The predicted molar refractivity (Wildman–Crippen MR) is 94.5 cm³/mol. The van der Waals surface area contributed by atoms with E-state index >= 15 is 0 Å². The molecule has 0 saturated heterocycles. The molecule has 0 bridgehead atoms. The van der Waals surface area contributed by atoms with E-state index in [1.165, 1.54) is 6.20 Å². The molecule has 24 heavy (non-hydrogen) atoms. The van der Waals surface area contributed by atoms with Gasteiger partial charge >= 0.3 is 0 Å². The van der Waals surface area contributed by atoms with Gasteiger partial charge in [0.15, 0.2) is 0 Å². The Bertz CT molecular complexity index is 779. The number of aromatic nitrogens is 1. The van der Waals surface area contributed by atoms with Crippen molar-refractivity contribution in [3.63, 3.8) is 0 Å². The topological polar surface area (TPSA) is 83.5 Å². The van der Waals surface area contributed by atoms with Crippen LogP contribution in [-0.2, 0) is 4.79 Å². The van der Waals surface area contributed by atoms with Crippen LogP contribution in [0.5, 0.6) is 0 Å². The summed E-state index contributed by atoms with van der Waals surface area (Å²) in [7, 11) is 0. The number of anilines is 1. The summed E-state index contributed by atoms with van der Waals surface area (Å²) in [6.45, 7) is 1.63. The minimum atomic E-state index is -0.402. The summed E-state index contributed by atoms with van der Waals surface area (Å²) in [5, 5.41) is 7.38. The number of carbonyl (C=O) groups is 2. The normalized spacial score (nSPS) is 11.0. The van der Waals surface area contributed by atoms with E-state index in [1.54, 1.807) is 43.5 Å². The van der Waals surface area contributed by atoms with Crippen LogP contribution in [0.25, 0.3) is 0 Å². The van der Waals surface area contributed by atoms with Gasteiger partial charge in [0.1, 0.15) is 0 Å². The van der Waals surface area contributed by atoms with Crippen LogP contribution < -0.4 is 10.7 Å². The fraction of sp³-hybridized carbons (Fsp3) is 0.125. The molecular weight excluding hydrogens is 351 g/mol. The maximum absolute atomic E-state index is 12.0. The van der Waals surface area contributed by atoms with Crippen molar-refractivity contribution in [1.29, 1.82) is 0 Å². The Morgan fingerprint density at radius 1 is 1.25 bits per heavy atom. The van der Waals surface area contributed by atoms with Gasteiger partial charge in [-0.2, -0.15) is 5.10 Å². The zero-order valence-corrected chi connectivity index (χ0v) is 14.2. The maximum Gasteiger partial charge on any atom is 0.272 e. The number of hydrogen-bond donors (Lipinski definition) is 2. The van der Waals surface area contributed by atoms with Crippen LogP contribution >= 0.6 is 23.2 Å². The Morgan fingerprint density at radius 3 is 2.75 bits per heavy atom. The molecule has 2 amide bonds. The number of halogens is 2. The molecule has 2 aromatic rings. The minimum Gasteiger partial charge on any atom is -0.324 e. The fourth-order valence-electron chi connectivity index (χ4n) is 1.77. The molecule has 0 saturated carbocycles. The van der Waals surface area contributed by atoms with Crippen LogP contribution in [0.1, 0.15) is 23.7 Å². The van der Waals surface area contributed by atoms with Gasteiger partial charge in [-0.05, 0) is 37.3 Å². The van der Waals surface area contributed by atoms with E-state index in [0.29, 0.717) is 27.0 Å². The molecule has 1 heterocycles. The largest absolute Gasteiger partial charge is 0.324 e. The Morgan fingerprint density at radius 2 is 2.04 bits per heavy atom. The number of nitrogens with zero attached hydrogens (tertiary/aromatic N) is 2. The minimum absolute atomic E-state index is 0.00381. The molecule has 0 fully saturated rings. The van der Waals surface area contributed by atoms with Crippen molar-refractivity contribution in [2.75, 3.05) is 5.32 Å². The van der Waals surface area contributed by atoms with Gasteiger partial charge in [0.25, 0.3) is 5.91 Å². The van der Waals surface area contributed by atoms with E-state index in [0.717, 1.165) is 0 Å². The highest BCUT2D eigenvalue weighted by molar-refractivity contribution is 6.35. The third kappa shape index (κ3) is 5.33. The van der Waals surface area contributed by atoms with Crippen molar-refractivity contribution < 1.29 is 9.59 Å². The van der Waals surface area contributed by atoms with Gasteiger partial charge < -0.3 is 5.32 Å². The quantitative estimate of drug-likeness (QED) is 0.628. The highest BCUT2D eigenvalue weighted by atomic mass is 35.5. The first kappa shape index (κ1) is 17.9. The van der Waals surface area contributed by atoms with Crippen molar-refractivity contribution >= 4 is 46.4 Å². The molecule has 0 aliphatic heterocycles. The Hall–Kier alpha value is -2.44. The predicted octanol–water partition coefficient (Wildman–Crippen LogP) is 3.52. The molecule has 1 aromatic carbocycles. The SMILES string of the molecule is CC(CC(=O)Nc1cc(Cl)ccc1Cl)=NNC(=O)c1cccnc1. The lowest BCUT2D eigenvalue weighted by Gasteiger charge is -2.07. The van der Waals surface area contributed by atoms with E-state index in [1.807, 2.05) is 0 Å². The second kappa shape index (κ2) is 8.42. The molecule has 0 aliphatic rings. The smallest absolute Gasteiger partial charge is 0.272 e. The van der Waals surface area contributed by atoms with Crippen LogP contribution in [0.15, 0.2) is 47.8 Å². The van der Waals surface area contributed by atoms with Crippen molar-refractivity contribution in [2.45, 2.75) is 13.3 Å². The van der Waals surface area contributed by atoms with Crippen molar-refractivity contribution in [3.8, 4) is 0 Å². The lowest BCUT2D eigenvalue weighted by Crippen LogP contribution is -2.21. The van der Waals surface area contributed by atoms with E-state index in [2.05, 4.69) is 20.8 Å². The number of carbonyl (C=O) groups excluding carboxylic acids is 2. The average Bonchev–Trinajstić information content (AvgIpc) is 2.56. The van der Waals surface area contributed by atoms with E-state index < -0.39 is 5.91 Å². The van der Waals surface area contributed by atoms with Crippen molar-refractivity contribution in [1.82, 2.24) is 10.4 Å². The molecule has 0 atom stereocenters. The van der Waals surface area contributed by atoms with E-state index in [4.69, 9.17) is 23.2 Å². The monoisotopic (exact) mass is 364 g/mol. The zero-order chi connectivity index (χ0) is 17.5. The summed E-state index contributed by atoms with van der Waals surface area (Å²) in [6, 6.07) is 8.03. The number of benzene rings is 1. The summed E-state index contributed by atoms with van der Waals surface area (Å²) in [5.74, 6) is -0.725. The first-order chi connectivity index (χ1) is 11.5. The average molecular weight is 365 g/mol. The van der Waals surface area contributed by atoms with Crippen LogP contribution in [0.4, 0.5) is 5.69 Å². The Kier molecular flexibility index (Phi) is 6.28. The summed E-state index contributed by atoms with van der Waals surface area (Å²) in [6.07, 6.45) is 2.99. The van der Waals surface area contributed by atoms with Crippen LogP contribution in [0, 0.1) is 0 Å². The van der Waals surface area contributed by atoms with Gasteiger partial charge in [0.2, 0.25) is 5.91 Å². The van der Waals surface area contributed by atoms with Gasteiger partial charge in [0.05, 0.1) is 22.7 Å². The molecule has 2 N–H and O–H groups in total. The lowest BCUT2D eigenvalue weighted by atomic mass is 10.2. The molecule has 0 spiro atoms. The van der Waals surface area contributed by atoms with Crippen molar-refractivity contribution in [3.05, 3.63) is 58.3 Å². The van der Waals surface area contributed by atoms with Gasteiger partial charge in [-0.3, -0.25) is 14.6 Å². The van der Waals surface area contributed by atoms with E-state index in [-0.39, 0.29) is 12.3 Å². The number of hydrogen-bond acceptors (Lipinski definition) is 4. The van der Waals surface area contributed by atoms with Gasteiger partial charge in [-0.1, -0.05) is 23.2 Å². The number of pyridine rings is 1. The highest BCUT2D eigenvalue weighted by Gasteiger charge is 2.09. The molecule has 0 radical (unpaired) electrons. The highest BCUT2D eigenvalue weighted by Crippen LogP contribution is 2.25. The van der Waals surface area contributed by atoms with Crippen molar-refractivity contribution in [2.24, 2.45) is 5.10 Å². The molecule has 0 unspecified atom stereocenters. The van der Waals surface area contributed by atoms with Crippen LogP contribution in [0.3, 0.4) is 0 Å². The summed E-state index contributed by atoms with van der Waals surface area (Å²) in [4.78, 5) is 27.6. The number of rotatable bonds is 5. The zero-order valence-electron chi connectivity index (χ0n) is 12.7. The molecule has 2 rings (SSSR count). The van der Waals surface area contributed by atoms with Crippen LogP contribution in [-0.4, -0.2) is 22.5 Å². The molecule has 124 valence electrons. The Balaban J connectivity index is 1.91. The molecule has 1 aromatic heterocycles. The lowest BCUT2D eigenvalue weighted by molar-refractivity contribution is -0.115. The first-order valence-electron chi connectivity index (χ1n) is 6.94. The molecule has 6 nitrogen and oxygen atoms in total. The first-order valence-corrected chi connectivity index (χ1v) is 7.69. The van der Waals surface area contributed by atoms with Gasteiger partial charge in [-0.15, -0.1) is 0 Å². The second-order valence-corrected chi connectivity index (χ2v) is 5.72. The van der Waals surface area contributed by atoms with Crippen LogP contribution in [0.2, 0.25) is 10.0 Å². The third-order valence-electron chi connectivity index (χ3n) is 2.89. The number of amides is 2. The van der Waals surface area contributed by atoms with Gasteiger partial charge in [0, 0.05) is 23.1 Å². The summed E-state index contributed by atoms with van der Waals surface area (Å²) >= 11 is 11.8. The van der Waals surface area contributed by atoms with E-state index in [9.17, 15) is 9.59 Å². The third-order valence-corrected chi connectivity index (χ3v) is 3.46. The number of nitrogens with one attached hydrogen (secondary N) is 2. The fourth-order valence-corrected chi connectivity index (χ4v) is 2.10. The summed E-state index contributed by atoms with van der Waals surface area (Å²) < 4.78 is 0. The Labute approximate surface area is 148 Å².